The van der Waals surface area contributed by atoms with Crippen molar-refractivity contribution in [3.63, 3.8) is 0 Å². The second kappa shape index (κ2) is 12.6. The molecule has 2 aromatic rings. The Bertz CT molecular complexity index is 836. The summed E-state index contributed by atoms with van der Waals surface area (Å²) in [5.74, 6) is 0.905. The maximum atomic E-state index is 11.5. The molecule has 0 aliphatic heterocycles. The van der Waals surface area contributed by atoms with Crippen molar-refractivity contribution < 1.29 is 24.1 Å². The SMILES string of the molecule is CCCCCCCOc1ccc(-c2ccc(C3(O)CCC(OC(=O)OCC)CC3)cc2)cc1. The van der Waals surface area contributed by atoms with Crippen molar-refractivity contribution in [3.05, 3.63) is 54.1 Å². The van der Waals surface area contributed by atoms with E-state index in [-0.39, 0.29) is 6.10 Å². The van der Waals surface area contributed by atoms with Crippen LogP contribution in [0.15, 0.2) is 48.5 Å². The van der Waals surface area contributed by atoms with Gasteiger partial charge in [0.05, 0.1) is 18.8 Å². The van der Waals surface area contributed by atoms with Crippen LogP contribution in [0, 0.1) is 0 Å². The van der Waals surface area contributed by atoms with E-state index in [0.717, 1.165) is 35.5 Å². The number of hydrogen-bond acceptors (Lipinski definition) is 5. The molecule has 1 N–H and O–H groups in total. The van der Waals surface area contributed by atoms with Crippen LogP contribution in [0.3, 0.4) is 0 Å². The normalized spacial score (nSPS) is 20.3. The molecule has 1 aliphatic rings. The molecular weight excluding hydrogens is 416 g/mol. The zero-order valence-electron chi connectivity index (χ0n) is 20.1. The van der Waals surface area contributed by atoms with Gasteiger partial charge in [-0.2, -0.15) is 0 Å². The summed E-state index contributed by atoms with van der Waals surface area (Å²) < 4.78 is 16.0. The van der Waals surface area contributed by atoms with Gasteiger partial charge in [-0.3, -0.25) is 0 Å². The molecule has 1 saturated carbocycles. The summed E-state index contributed by atoms with van der Waals surface area (Å²) in [6, 6.07) is 16.3. The zero-order valence-corrected chi connectivity index (χ0v) is 20.1. The molecule has 5 heteroatoms. The molecule has 0 aromatic heterocycles. The average molecular weight is 455 g/mol. The molecule has 180 valence electrons. The van der Waals surface area contributed by atoms with Crippen molar-refractivity contribution in [3.8, 4) is 16.9 Å². The van der Waals surface area contributed by atoms with Gasteiger partial charge in [-0.1, -0.05) is 69.0 Å². The second-order valence-corrected chi connectivity index (χ2v) is 8.90. The van der Waals surface area contributed by atoms with E-state index in [0.29, 0.717) is 32.3 Å². The summed E-state index contributed by atoms with van der Waals surface area (Å²) in [5.41, 5.74) is 2.24. The van der Waals surface area contributed by atoms with Crippen LogP contribution in [-0.2, 0) is 15.1 Å². The van der Waals surface area contributed by atoms with Gasteiger partial charge in [-0.25, -0.2) is 4.79 Å². The highest BCUT2D eigenvalue weighted by atomic mass is 16.7. The number of rotatable bonds is 11. The van der Waals surface area contributed by atoms with Gasteiger partial charge in [0, 0.05) is 0 Å². The van der Waals surface area contributed by atoms with Crippen LogP contribution >= 0.6 is 0 Å². The first kappa shape index (κ1) is 25.1. The fourth-order valence-electron chi connectivity index (χ4n) is 4.38. The summed E-state index contributed by atoms with van der Waals surface area (Å²) in [4.78, 5) is 11.5. The Hall–Kier alpha value is -2.53. The van der Waals surface area contributed by atoms with Gasteiger partial charge in [-0.15, -0.1) is 0 Å². The molecule has 33 heavy (non-hydrogen) atoms. The minimum absolute atomic E-state index is 0.194. The first-order chi connectivity index (χ1) is 16.0. The van der Waals surface area contributed by atoms with Gasteiger partial charge in [0.1, 0.15) is 11.9 Å². The quantitative estimate of drug-likeness (QED) is 0.292. The van der Waals surface area contributed by atoms with Crippen molar-refractivity contribution >= 4 is 6.16 Å². The fraction of sp³-hybridized carbons (Fsp3) is 0.536. The van der Waals surface area contributed by atoms with Crippen molar-refractivity contribution in [2.75, 3.05) is 13.2 Å². The maximum absolute atomic E-state index is 11.5. The summed E-state index contributed by atoms with van der Waals surface area (Å²) in [7, 11) is 0. The van der Waals surface area contributed by atoms with Gasteiger partial charge >= 0.3 is 6.16 Å². The van der Waals surface area contributed by atoms with Gasteiger partial charge in [-0.05, 0) is 67.9 Å². The van der Waals surface area contributed by atoms with Crippen molar-refractivity contribution in [2.24, 2.45) is 0 Å². The van der Waals surface area contributed by atoms with Gasteiger partial charge < -0.3 is 19.3 Å². The largest absolute Gasteiger partial charge is 0.508 e. The van der Waals surface area contributed by atoms with Crippen LogP contribution in [0.5, 0.6) is 5.75 Å². The molecule has 0 radical (unpaired) electrons. The van der Waals surface area contributed by atoms with E-state index in [9.17, 15) is 9.90 Å². The Morgan fingerprint density at radius 3 is 2.12 bits per heavy atom. The van der Waals surface area contributed by atoms with Crippen LogP contribution in [0.2, 0.25) is 0 Å². The van der Waals surface area contributed by atoms with E-state index in [1.165, 1.54) is 25.7 Å². The smallest absolute Gasteiger partial charge is 0.494 e. The number of unbranched alkanes of at least 4 members (excludes halogenated alkanes) is 4. The lowest BCUT2D eigenvalue weighted by molar-refractivity contribution is -0.0530. The average Bonchev–Trinajstić information content (AvgIpc) is 2.84. The van der Waals surface area contributed by atoms with E-state index in [1.54, 1.807) is 6.92 Å². The van der Waals surface area contributed by atoms with E-state index < -0.39 is 11.8 Å². The van der Waals surface area contributed by atoms with Crippen molar-refractivity contribution in [1.29, 1.82) is 0 Å². The number of carbonyl (C=O) groups is 1. The molecule has 1 aliphatic carbocycles. The number of hydrogen-bond donors (Lipinski definition) is 1. The Labute approximate surface area is 198 Å². The molecule has 0 unspecified atom stereocenters. The Morgan fingerprint density at radius 1 is 0.909 bits per heavy atom. The standard InChI is InChI=1S/C28H38O5/c1-3-5-6-7-8-21-32-25-15-11-23(12-16-25)22-9-13-24(14-10-22)28(30)19-17-26(18-20-28)33-27(29)31-4-2/h9-16,26,30H,3-8,17-21H2,1-2H3. The molecule has 0 saturated heterocycles. The lowest BCUT2D eigenvalue weighted by Crippen LogP contribution is -2.35. The van der Waals surface area contributed by atoms with Crippen LogP contribution in [0.1, 0.15) is 77.2 Å². The third-order valence-electron chi connectivity index (χ3n) is 6.41. The topological polar surface area (TPSA) is 65.0 Å². The predicted octanol–water partition coefficient (Wildman–Crippen LogP) is 7.01. The molecule has 0 heterocycles. The fourth-order valence-corrected chi connectivity index (χ4v) is 4.38. The number of aliphatic hydroxyl groups is 1. The lowest BCUT2D eigenvalue weighted by atomic mass is 9.78. The minimum Gasteiger partial charge on any atom is -0.494 e. The molecular formula is C28H38O5. The highest BCUT2D eigenvalue weighted by Crippen LogP contribution is 2.38. The maximum Gasteiger partial charge on any atom is 0.508 e. The molecule has 3 rings (SSSR count). The van der Waals surface area contributed by atoms with Gasteiger partial charge in [0.2, 0.25) is 0 Å². The summed E-state index contributed by atoms with van der Waals surface area (Å²) in [5, 5.41) is 11.2. The third kappa shape index (κ3) is 7.50. The second-order valence-electron chi connectivity index (χ2n) is 8.90. The number of ether oxygens (including phenoxy) is 3. The Balaban J connectivity index is 1.50. The number of benzene rings is 2. The molecule has 0 atom stereocenters. The van der Waals surface area contributed by atoms with E-state index in [1.807, 2.05) is 24.3 Å². The minimum atomic E-state index is -0.887. The highest BCUT2D eigenvalue weighted by molar-refractivity contribution is 5.64. The third-order valence-corrected chi connectivity index (χ3v) is 6.41. The van der Waals surface area contributed by atoms with Crippen LogP contribution in [0.4, 0.5) is 4.79 Å². The predicted molar refractivity (Wildman–Crippen MR) is 130 cm³/mol. The molecule has 5 nitrogen and oxygen atoms in total. The lowest BCUT2D eigenvalue weighted by Gasteiger charge is -2.36. The van der Waals surface area contributed by atoms with Gasteiger partial charge in [0.25, 0.3) is 0 Å². The number of carbonyl (C=O) groups excluding carboxylic acids is 1. The zero-order chi connectivity index (χ0) is 23.5. The molecule has 2 aromatic carbocycles. The first-order valence-corrected chi connectivity index (χ1v) is 12.4. The summed E-state index contributed by atoms with van der Waals surface area (Å²) >= 11 is 0. The molecule has 1 fully saturated rings. The first-order valence-electron chi connectivity index (χ1n) is 12.4. The Morgan fingerprint density at radius 2 is 1.52 bits per heavy atom. The molecule has 0 spiro atoms. The van der Waals surface area contributed by atoms with Gasteiger partial charge in [0.15, 0.2) is 0 Å². The van der Waals surface area contributed by atoms with Crippen molar-refractivity contribution in [1.82, 2.24) is 0 Å². The Kier molecular flexibility index (Phi) is 9.61. The highest BCUT2D eigenvalue weighted by Gasteiger charge is 2.36. The van der Waals surface area contributed by atoms with Crippen LogP contribution < -0.4 is 4.74 Å². The molecule has 0 amide bonds. The van der Waals surface area contributed by atoms with Crippen molar-refractivity contribution in [2.45, 2.75) is 83.3 Å². The van der Waals surface area contributed by atoms with E-state index >= 15 is 0 Å². The van der Waals surface area contributed by atoms with Crippen LogP contribution in [0.25, 0.3) is 11.1 Å². The summed E-state index contributed by atoms with van der Waals surface area (Å²) in [6.45, 7) is 5.05. The summed E-state index contributed by atoms with van der Waals surface area (Å²) in [6.07, 6.45) is 7.71. The van der Waals surface area contributed by atoms with Crippen LogP contribution in [-0.4, -0.2) is 30.6 Å². The monoisotopic (exact) mass is 454 g/mol. The molecule has 0 bridgehead atoms. The van der Waals surface area contributed by atoms with E-state index in [2.05, 4.69) is 31.2 Å². The van der Waals surface area contributed by atoms with E-state index in [4.69, 9.17) is 14.2 Å².